The number of rotatable bonds is 3. The molecule has 0 aromatic carbocycles. The third-order valence-corrected chi connectivity index (χ3v) is 2.39. The maximum Gasteiger partial charge on any atom is 0.0893 e. The minimum absolute atomic E-state index is 0.0237. The summed E-state index contributed by atoms with van der Waals surface area (Å²) < 4.78 is 5.37. The average molecular weight is 158 g/mol. The summed E-state index contributed by atoms with van der Waals surface area (Å²) in [5.41, 5.74) is 0.0237. The highest BCUT2D eigenvalue weighted by atomic mass is 16.6. The van der Waals surface area contributed by atoms with Gasteiger partial charge in [-0.2, -0.15) is 0 Å². The summed E-state index contributed by atoms with van der Waals surface area (Å²) >= 11 is 0. The number of hydrogen-bond donors (Lipinski definition) is 1. The second-order valence-corrected chi connectivity index (χ2v) is 4.26. The Bertz CT molecular complexity index is 140. The van der Waals surface area contributed by atoms with E-state index in [1.807, 2.05) is 13.8 Å². The number of ether oxygens (including phenoxy) is 1. The lowest BCUT2D eigenvalue weighted by atomic mass is 9.98. The average Bonchev–Trinajstić information content (AvgIpc) is 2.39. The molecule has 0 aliphatic carbocycles. The van der Waals surface area contributed by atoms with Crippen molar-refractivity contribution in [3.05, 3.63) is 0 Å². The molecule has 2 heteroatoms. The fourth-order valence-electron chi connectivity index (χ4n) is 1.16. The van der Waals surface area contributed by atoms with Crippen molar-refractivity contribution in [2.24, 2.45) is 5.92 Å². The number of hydrogen-bond acceptors (Lipinski definition) is 2. The molecule has 0 aromatic heterocycles. The van der Waals surface area contributed by atoms with Crippen molar-refractivity contribution in [3.8, 4) is 0 Å². The zero-order valence-corrected chi connectivity index (χ0v) is 7.79. The van der Waals surface area contributed by atoms with Gasteiger partial charge in [-0.1, -0.05) is 13.8 Å². The Hall–Kier alpha value is -0.0800. The summed E-state index contributed by atoms with van der Waals surface area (Å²) in [6, 6.07) is 0. The van der Waals surface area contributed by atoms with Gasteiger partial charge in [-0.15, -0.1) is 0 Å². The van der Waals surface area contributed by atoms with Crippen molar-refractivity contribution < 1.29 is 9.84 Å². The molecule has 0 spiro atoms. The quantitative estimate of drug-likeness (QED) is 0.632. The molecule has 2 unspecified atom stereocenters. The van der Waals surface area contributed by atoms with Gasteiger partial charge in [0.1, 0.15) is 0 Å². The smallest absolute Gasteiger partial charge is 0.0893 e. The van der Waals surface area contributed by atoms with Gasteiger partial charge in [-0.05, 0) is 19.8 Å². The Balaban J connectivity index is 2.23. The summed E-state index contributed by atoms with van der Waals surface area (Å²) in [5.74, 6) is 0.343. The van der Waals surface area contributed by atoms with E-state index < -0.39 is 0 Å². The molecular weight excluding hydrogens is 140 g/mol. The molecular formula is C9H18O2. The van der Waals surface area contributed by atoms with Crippen molar-refractivity contribution in [2.45, 2.75) is 51.9 Å². The first kappa shape index (κ1) is 9.01. The van der Waals surface area contributed by atoms with Gasteiger partial charge in [0.25, 0.3) is 0 Å². The lowest BCUT2D eigenvalue weighted by Gasteiger charge is -2.12. The first-order chi connectivity index (χ1) is 4.93. The van der Waals surface area contributed by atoms with Crippen molar-refractivity contribution >= 4 is 0 Å². The summed E-state index contributed by atoms with van der Waals surface area (Å²) in [7, 11) is 0. The van der Waals surface area contributed by atoms with Crippen molar-refractivity contribution in [2.75, 3.05) is 0 Å². The fraction of sp³-hybridized carbons (Fsp3) is 1.00. The van der Waals surface area contributed by atoms with E-state index in [4.69, 9.17) is 4.74 Å². The second kappa shape index (κ2) is 2.76. The molecule has 11 heavy (non-hydrogen) atoms. The highest BCUT2D eigenvalue weighted by molar-refractivity contribution is 4.96. The highest BCUT2D eigenvalue weighted by Gasteiger charge is 2.48. The van der Waals surface area contributed by atoms with Crippen molar-refractivity contribution in [1.82, 2.24) is 0 Å². The summed E-state index contributed by atoms with van der Waals surface area (Å²) in [6.45, 7) is 8.18. The molecule has 0 amide bonds. The molecule has 1 aliphatic heterocycles. The first-order valence-electron chi connectivity index (χ1n) is 4.29. The van der Waals surface area contributed by atoms with Crippen molar-refractivity contribution in [1.29, 1.82) is 0 Å². The molecule has 1 aliphatic rings. The van der Waals surface area contributed by atoms with Crippen LogP contribution in [0.25, 0.3) is 0 Å². The predicted molar refractivity (Wildman–Crippen MR) is 44.4 cm³/mol. The Morgan fingerprint density at radius 1 is 1.45 bits per heavy atom. The van der Waals surface area contributed by atoms with E-state index in [-0.39, 0.29) is 17.8 Å². The van der Waals surface area contributed by atoms with Crippen LogP contribution >= 0.6 is 0 Å². The maximum absolute atomic E-state index is 9.49. The Morgan fingerprint density at radius 3 is 2.18 bits per heavy atom. The van der Waals surface area contributed by atoms with Gasteiger partial charge in [0, 0.05) is 6.42 Å². The third-order valence-electron chi connectivity index (χ3n) is 2.39. The van der Waals surface area contributed by atoms with E-state index in [0.717, 1.165) is 6.42 Å². The fourth-order valence-corrected chi connectivity index (χ4v) is 1.16. The number of aliphatic hydroxyl groups is 1. The molecule has 1 N–H and O–H groups in total. The van der Waals surface area contributed by atoms with Gasteiger partial charge < -0.3 is 9.84 Å². The van der Waals surface area contributed by atoms with E-state index in [9.17, 15) is 5.11 Å². The van der Waals surface area contributed by atoms with E-state index in [0.29, 0.717) is 5.92 Å². The van der Waals surface area contributed by atoms with Gasteiger partial charge in [-0.3, -0.25) is 0 Å². The van der Waals surface area contributed by atoms with Crippen LogP contribution in [-0.4, -0.2) is 22.9 Å². The Kier molecular flexibility index (Phi) is 2.26. The first-order valence-corrected chi connectivity index (χ1v) is 4.29. The minimum atomic E-state index is -0.207. The molecule has 1 heterocycles. The molecule has 0 saturated carbocycles. The van der Waals surface area contributed by atoms with Gasteiger partial charge in [0.05, 0.1) is 17.8 Å². The maximum atomic E-state index is 9.49. The van der Waals surface area contributed by atoms with Crippen LogP contribution in [0, 0.1) is 5.92 Å². The Labute approximate surface area is 68.6 Å². The second-order valence-electron chi connectivity index (χ2n) is 4.26. The molecule has 1 rings (SSSR count). The van der Waals surface area contributed by atoms with Crippen LogP contribution in [-0.2, 0) is 4.74 Å². The van der Waals surface area contributed by atoms with Crippen LogP contribution in [0.2, 0.25) is 0 Å². The van der Waals surface area contributed by atoms with E-state index in [1.165, 1.54) is 0 Å². The SMILES string of the molecule is CC(C)C(O)CC1OC1(C)C. The van der Waals surface area contributed by atoms with Crippen LogP contribution in [0.3, 0.4) is 0 Å². The molecule has 1 saturated heterocycles. The van der Waals surface area contributed by atoms with Gasteiger partial charge >= 0.3 is 0 Å². The van der Waals surface area contributed by atoms with E-state index in [1.54, 1.807) is 0 Å². The summed E-state index contributed by atoms with van der Waals surface area (Å²) in [6.07, 6.45) is 0.853. The molecule has 0 bridgehead atoms. The summed E-state index contributed by atoms with van der Waals surface area (Å²) in [4.78, 5) is 0. The molecule has 2 nitrogen and oxygen atoms in total. The summed E-state index contributed by atoms with van der Waals surface area (Å²) in [5, 5.41) is 9.49. The van der Waals surface area contributed by atoms with Gasteiger partial charge in [0.15, 0.2) is 0 Å². The lowest BCUT2D eigenvalue weighted by Crippen LogP contribution is -2.19. The van der Waals surface area contributed by atoms with Gasteiger partial charge in [0.2, 0.25) is 0 Å². The van der Waals surface area contributed by atoms with Crippen LogP contribution in [0.4, 0.5) is 0 Å². The standard InChI is InChI=1S/C9H18O2/c1-6(2)7(10)5-8-9(3,4)11-8/h6-8,10H,5H2,1-4H3. The van der Waals surface area contributed by atoms with Crippen LogP contribution in [0.15, 0.2) is 0 Å². The molecule has 66 valence electrons. The highest BCUT2D eigenvalue weighted by Crippen LogP contribution is 2.38. The largest absolute Gasteiger partial charge is 0.393 e. The van der Waals surface area contributed by atoms with E-state index in [2.05, 4.69) is 13.8 Å². The molecule has 0 radical (unpaired) electrons. The molecule has 2 atom stereocenters. The molecule has 0 aromatic rings. The number of epoxide rings is 1. The van der Waals surface area contributed by atoms with E-state index >= 15 is 0 Å². The zero-order valence-electron chi connectivity index (χ0n) is 7.79. The Morgan fingerprint density at radius 2 is 1.91 bits per heavy atom. The van der Waals surface area contributed by atoms with Crippen molar-refractivity contribution in [3.63, 3.8) is 0 Å². The normalized spacial score (nSPS) is 30.5. The molecule has 1 fully saturated rings. The minimum Gasteiger partial charge on any atom is -0.393 e. The van der Waals surface area contributed by atoms with Crippen LogP contribution < -0.4 is 0 Å². The predicted octanol–water partition coefficient (Wildman–Crippen LogP) is 1.57. The lowest BCUT2D eigenvalue weighted by molar-refractivity contribution is 0.106. The van der Waals surface area contributed by atoms with Crippen LogP contribution in [0.5, 0.6) is 0 Å². The van der Waals surface area contributed by atoms with Gasteiger partial charge in [-0.25, -0.2) is 0 Å². The third kappa shape index (κ3) is 2.17. The topological polar surface area (TPSA) is 32.8 Å². The zero-order chi connectivity index (χ0) is 8.65. The monoisotopic (exact) mass is 158 g/mol. The number of aliphatic hydroxyl groups excluding tert-OH is 1. The van der Waals surface area contributed by atoms with Crippen LogP contribution in [0.1, 0.15) is 34.1 Å².